The smallest absolute Gasteiger partial charge is 0.272 e. The molecule has 0 saturated heterocycles. The Morgan fingerprint density at radius 1 is 1.11 bits per heavy atom. The molecule has 1 heterocycles. The van der Waals surface area contributed by atoms with Crippen molar-refractivity contribution >= 4 is 28.4 Å². The van der Waals surface area contributed by atoms with Gasteiger partial charge in [-0.05, 0) is 12.1 Å². The van der Waals surface area contributed by atoms with Gasteiger partial charge >= 0.3 is 0 Å². The Labute approximate surface area is 154 Å². The van der Waals surface area contributed by atoms with E-state index < -0.39 is 22.8 Å². The number of rotatable bonds is 6. The van der Waals surface area contributed by atoms with Crippen LogP contribution in [0, 0.1) is 10.1 Å². The summed E-state index contributed by atoms with van der Waals surface area (Å²) in [6, 6.07) is 13.6. The molecule has 2 aromatic carbocycles. The molecule has 27 heavy (non-hydrogen) atoms. The number of hydrogen-bond donors (Lipinski definition) is 2. The average molecular weight is 364 g/mol. The van der Waals surface area contributed by atoms with Crippen LogP contribution in [0.25, 0.3) is 10.9 Å². The van der Waals surface area contributed by atoms with Crippen molar-refractivity contribution in [2.75, 3.05) is 0 Å². The molecule has 0 saturated carbocycles. The van der Waals surface area contributed by atoms with E-state index in [9.17, 15) is 19.7 Å². The molecule has 8 heteroatoms. The maximum atomic E-state index is 12.7. The van der Waals surface area contributed by atoms with E-state index in [1.54, 1.807) is 36.4 Å². The van der Waals surface area contributed by atoms with Crippen LogP contribution in [0.3, 0.4) is 0 Å². The van der Waals surface area contributed by atoms with Gasteiger partial charge in [-0.2, -0.15) is 0 Å². The first-order chi connectivity index (χ1) is 13.0. The minimum atomic E-state index is -1.09. The van der Waals surface area contributed by atoms with Crippen LogP contribution in [-0.2, 0) is 11.2 Å². The van der Waals surface area contributed by atoms with E-state index in [0.29, 0.717) is 22.0 Å². The van der Waals surface area contributed by atoms with Crippen molar-refractivity contribution in [3.05, 3.63) is 82.0 Å². The van der Waals surface area contributed by atoms with Gasteiger partial charge in [0.05, 0.1) is 16.0 Å². The zero-order valence-electron chi connectivity index (χ0n) is 14.2. The standard InChI is InChI=1S/C19H16N4O4/c20-18(24)16(11-12-5-1-4-8-17(12)23(26)27)22-19(25)14-9-10-21-15-7-3-2-6-13(14)15/h1-10,16H,11H2,(H2,20,24)(H,22,25)/t16-/m0/s1. The zero-order chi connectivity index (χ0) is 19.4. The highest BCUT2D eigenvalue weighted by Gasteiger charge is 2.24. The van der Waals surface area contributed by atoms with E-state index in [-0.39, 0.29) is 12.1 Å². The summed E-state index contributed by atoms with van der Waals surface area (Å²) in [5, 5.41) is 14.4. The summed E-state index contributed by atoms with van der Waals surface area (Å²) < 4.78 is 0. The molecule has 2 amide bonds. The number of aromatic nitrogens is 1. The summed E-state index contributed by atoms with van der Waals surface area (Å²) in [5.41, 5.74) is 6.57. The SMILES string of the molecule is NC(=O)[C@H](Cc1ccccc1[N+](=O)[O-])NC(=O)c1ccnc2ccccc12. The van der Waals surface area contributed by atoms with Crippen LogP contribution < -0.4 is 11.1 Å². The molecule has 0 spiro atoms. The number of nitrogens with zero attached hydrogens (tertiary/aromatic N) is 2. The van der Waals surface area contributed by atoms with Crippen LogP contribution in [0.5, 0.6) is 0 Å². The first kappa shape index (κ1) is 18.0. The molecular formula is C19H16N4O4. The molecule has 0 aliphatic rings. The highest BCUT2D eigenvalue weighted by Crippen LogP contribution is 2.20. The van der Waals surface area contributed by atoms with Gasteiger partial charge in [0.15, 0.2) is 0 Å². The molecular weight excluding hydrogens is 348 g/mol. The fourth-order valence-electron chi connectivity index (χ4n) is 2.83. The Morgan fingerprint density at radius 2 is 1.81 bits per heavy atom. The molecule has 3 aromatic rings. The fraction of sp³-hybridized carbons (Fsp3) is 0.105. The molecule has 0 bridgehead atoms. The van der Waals surface area contributed by atoms with E-state index in [4.69, 9.17) is 5.73 Å². The summed E-state index contributed by atoms with van der Waals surface area (Å²) in [4.78, 5) is 39.4. The second-order valence-corrected chi connectivity index (χ2v) is 5.89. The van der Waals surface area contributed by atoms with Crippen LogP contribution in [-0.4, -0.2) is 27.8 Å². The lowest BCUT2D eigenvalue weighted by Gasteiger charge is -2.16. The largest absolute Gasteiger partial charge is 0.368 e. The van der Waals surface area contributed by atoms with E-state index in [0.717, 1.165) is 0 Å². The highest BCUT2D eigenvalue weighted by atomic mass is 16.6. The molecule has 3 rings (SSSR count). The Hall–Kier alpha value is -3.81. The molecule has 0 aliphatic carbocycles. The van der Waals surface area contributed by atoms with Crippen molar-refractivity contribution in [2.45, 2.75) is 12.5 Å². The van der Waals surface area contributed by atoms with E-state index in [2.05, 4.69) is 10.3 Å². The number of benzene rings is 2. The number of pyridine rings is 1. The van der Waals surface area contributed by atoms with Crippen molar-refractivity contribution in [2.24, 2.45) is 5.73 Å². The molecule has 1 atom stereocenters. The maximum Gasteiger partial charge on any atom is 0.272 e. The number of nitrogens with one attached hydrogen (secondary N) is 1. The number of nitro benzene ring substituents is 1. The number of fused-ring (bicyclic) bond motifs is 1. The van der Waals surface area contributed by atoms with Gasteiger partial charge in [-0.3, -0.25) is 24.7 Å². The third kappa shape index (κ3) is 3.90. The quantitative estimate of drug-likeness (QED) is 0.510. The van der Waals surface area contributed by atoms with Crippen molar-refractivity contribution < 1.29 is 14.5 Å². The number of para-hydroxylation sites is 2. The lowest BCUT2D eigenvalue weighted by Crippen LogP contribution is -2.46. The lowest BCUT2D eigenvalue weighted by atomic mass is 10.0. The molecule has 8 nitrogen and oxygen atoms in total. The van der Waals surface area contributed by atoms with Crippen molar-refractivity contribution in [1.82, 2.24) is 10.3 Å². The van der Waals surface area contributed by atoms with E-state index in [1.165, 1.54) is 24.4 Å². The number of carbonyl (C=O) groups excluding carboxylic acids is 2. The van der Waals surface area contributed by atoms with E-state index >= 15 is 0 Å². The zero-order valence-corrected chi connectivity index (χ0v) is 14.2. The average Bonchev–Trinajstić information content (AvgIpc) is 2.67. The predicted molar refractivity (Wildman–Crippen MR) is 99.0 cm³/mol. The second-order valence-electron chi connectivity index (χ2n) is 5.89. The summed E-state index contributed by atoms with van der Waals surface area (Å²) >= 11 is 0. The predicted octanol–water partition coefficient (Wildman–Crippen LogP) is 1.97. The van der Waals surface area contributed by atoms with Crippen LogP contribution in [0.2, 0.25) is 0 Å². The third-order valence-corrected chi connectivity index (χ3v) is 4.15. The normalized spacial score (nSPS) is 11.7. The summed E-state index contributed by atoms with van der Waals surface area (Å²) in [6.07, 6.45) is 1.42. The lowest BCUT2D eigenvalue weighted by molar-refractivity contribution is -0.385. The molecule has 3 N–H and O–H groups in total. The molecule has 1 aromatic heterocycles. The van der Waals surface area contributed by atoms with Crippen LogP contribution in [0.1, 0.15) is 15.9 Å². The Morgan fingerprint density at radius 3 is 2.56 bits per heavy atom. The third-order valence-electron chi connectivity index (χ3n) is 4.15. The van der Waals surface area contributed by atoms with Crippen LogP contribution in [0.15, 0.2) is 60.8 Å². The molecule has 0 aliphatic heterocycles. The van der Waals surface area contributed by atoms with Gasteiger partial charge in [0.1, 0.15) is 6.04 Å². The number of nitro groups is 1. The van der Waals surface area contributed by atoms with Gasteiger partial charge in [0, 0.05) is 29.6 Å². The summed E-state index contributed by atoms with van der Waals surface area (Å²) in [6.45, 7) is 0. The minimum absolute atomic E-state index is 0.0821. The Balaban J connectivity index is 1.88. The van der Waals surface area contributed by atoms with Crippen molar-refractivity contribution in [3.63, 3.8) is 0 Å². The van der Waals surface area contributed by atoms with Crippen molar-refractivity contribution in [3.8, 4) is 0 Å². The summed E-state index contributed by atoms with van der Waals surface area (Å²) in [5.74, 6) is -1.28. The fourth-order valence-corrected chi connectivity index (χ4v) is 2.83. The van der Waals surface area contributed by atoms with Gasteiger partial charge in [0.25, 0.3) is 11.6 Å². The number of amides is 2. The van der Waals surface area contributed by atoms with E-state index in [1.807, 2.05) is 0 Å². The van der Waals surface area contributed by atoms with Gasteiger partial charge in [-0.1, -0.05) is 36.4 Å². The topological polar surface area (TPSA) is 128 Å². The first-order valence-electron chi connectivity index (χ1n) is 8.13. The highest BCUT2D eigenvalue weighted by molar-refractivity contribution is 6.07. The molecule has 136 valence electrons. The number of carbonyl (C=O) groups is 2. The summed E-state index contributed by atoms with van der Waals surface area (Å²) in [7, 11) is 0. The maximum absolute atomic E-state index is 12.7. The molecule has 0 fully saturated rings. The number of hydrogen-bond acceptors (Lipinski definition) is 5. The Kier molecular flexibility index (Phi) is 5.07. The molecule has 0 radical (unpaired) electrons. The van der Waals surface area contributed by atoms with Gasteiger partial charge in [-0.25, -0.2) is 0 Å². The number of primary amides is 1. The van der Waals surface area contributed by atoms with Crippen molar-refractivity contribution in [1.29, 1.82) is 0 Å². The monoisotopic (exact) mass is 364 g/mol. The first-order valence-corrected chi connectivity index (χ1v) is 8.13. The second kappa shape index (κ2) is 7.61. The van der Waals surface area contributed by atoms with Crippen LogP contribution >= 0.6 is 0 Å². The molecule has 0 unspecified atom stereocenters. The van der Waals surface area contributed by atoms with Gasteiger partial charge in [-0.15, -0.1) is 0 Å². The van der Waals surface area contributed by atoms with Gasteiger partial charge in [0.2, 0.25) is 5.91 Å². The van der Waals surface area contributed by atoms with Gasteiger partial charge < -0.3 is 11.1 Å². The Bertz CT molecular complexity index is 1030. The number of nitrogens with two attached hydrogens (primary N) is 1. The minimum Gasteiger partial charge on any atom is -0.368 e. The van der Waals surface area contributed by atoms with Crippen LogP contribution in [0.4, 0.5) is 5.69 Å².